The fraction of sp³-hybridized carbons (Fsp3) is 0. The summed E-state index contributed by atoms with van der Waals surface area (Å²) in [7, 11) is 0. The molecule has 2 aromatic carbocycles. The van der Waals surface area contributed by atoms with Gasteiger partial charge in [0.15, 0.2) is 0 Å². The lowest BCUT2D eigenvalue weighted by Gasteiger charge is -2.04. The number of anilines is 1. The number of carbonyl (C=O) groups excluding carboxylic acids is 1. The predicted octanol–water partition coefficient (Wildman–Crippen LogP) is 4.39. The second-order valence-electron chi connectivity index (χ2n) is 4.54. The van der Waals surface area contributed by atoms with E-state index in [1.807, 2.05) is 0 Å². The van der Waals surface area contributed by atoms with Crippen molar-refractivity contribution in [2.75, 3.05) is 5.32 Å². The van der Waals surface area contributed by atoms with Crippen LogP contribution in [0.1, 0.15) is 10.4 Å². The highest BCUT2D eigenvalue weighted by Crippen LogP contribution is 2.29. The monoisotopic (exact) mass is 316 g/mol. The largest absolute Gasteiger partial charge is 0.338 e. The van der Waals surface area contributed by atoms with Crippen LogP contribution in [0.3, 0.4) is 0 Å². The Bertz CT molecular complexity index is 798. The average molecular weight is 317 g/mol. The molecule has 4 nitrogen and oxygen atoms in total. The van der Waals surface area contributed by atoms with Crippen LogP contribution < -0.4 is 5.32 Å². The minimum Gasteiger partial charge on any atom is -0.338 e. The van der Waals surface area contributed by atoms with Gasteiger partial charge in [0.2, 0.25) is 5.88 Å². The third kappa shape index (κ3) is 2.99. The minimum absolute atomic E-state index is 0.219. The van der Waals surface area contributed by atoms with Crippen molar-refractivity contribution in [1.29, 1.82) is 0 Å². The summed E-state index contributed by atoms with van der Waals surface area (Å²) >= 11 is 5.85. The molecule has 3 aromatic rings. The number of nitrogens with zero attached hydrogens (tertiary/aromatic N) is 1. The van der Waals surface area contributed by atoms with E-state index >= 15 is 0 Å². The van der Waals surface area contributed by atoms with Gasteiger partial charge in [-0.05, 0) is 42.0 Å². The standard InChI is InChI=1S/C16H10ClFN2O2/c17-12-5-1-10(2-6-12)14-9-19-22-16(14)20-15(21)11-3-7-13(18)8-4-11/h1-9H,(H,20,21). The molecule has 1 N–H and O–H groups in total. The molecule has 0 spiro atoms. The summed E-state index contributed by atoms with van der Waals surface area (Å²) in [5, 5.41) is 6.92. The van der Waals surface area contributed by atoms with E-state index in [1.165, 1.54) is 30.5 Å². The van der Waals surface area contributed by atoms with Crippen LogP contribution >= 0.6 is 11.6 Å². The fourth-order valence-electron chi connectivity index (χ4n) is 1.94. The van der Waals surface area contributed by atoms with E-state index in [9.17, 15) is 9.18 Å². The molecule has 0 saturated heterocycles. The second-order valence-corrected chi connectivity index (χ2v) is 4.97. The first-order valence-corrected chi connectivity index (χ1v) is 6.79. The van der Waals surface area contributed by atoms with E-state index in [-0.39, 0.29) is 5.88 Å². The third-order valence-electron chi connectivity index (χ3n) is 3.06. The number of carbonyl (C=O) groups is 1. The maximum absolute atomic E-state index is 12.9. The van der Waals surface area contributed by atoms with Crippen LogP contribution in [-0.4, -0.2) is 11.1 Å². The Morgan fingerprint density at radius 3 is 2.45 bits per heavy atom. The van der Waals surface area contributed by atoms with Gasteiger partial charge >= 0.3 is 0 Å². The number of halogens is 2. The Kier molecular flexibility index (Phi) is 3.89. The molecule has 0 atom stereocenters. The quantitative estimate of drug-likeness (QED) is 0.779. The van der Waals surface area contributed by atoms with Crippen molar-refractivity contribution in [2.45, 2.75) is 0 Å². The molecule has 0 saturated carbocycles. The van der Waals surface area contributed by atoms with Crippen LogP contribution in [0.15, 0.2) is 59.3 Å². The highest BCUT2D eigenvalue weighted by atomic mass is 35.5. The molecule has 1 aromatic heterocycles. The third-order valence-corrected chi connectivity index (χ3v) is 3.31. The molecule has 6 heteroatoms. The van der Waals surface area contributed by atoms with Crippen LogP contribution in [0.25, 0.3) is 11.1 Å². The first-order chi connectivity index (χ1) is 10.6. The average Bonchev–Trinajstić information content (AvgIpc) is 2.97. The highest BCUT2D eigenvalue weighted by molar-refractivity contribution is 6.30. The predicted molar refractivity (Wildman–Crippen MR) is 81.3 cm³/mol. The molecule has 3 rings (SSSR count). The van der Waals surface area contributed by atoms with Crippen LogP contribution in [0, 0.1) is 5.82 Å². The molecule has 0 radical (unpaired) electrons. The molecule has 0 aliphatic carbocycles. The van der Waals surface area contributed by atoms with E-state index in [0.717, 1.165) is 5.56 Å². The molecule has 0 bridgehead atoms. The fourth-order valence-corrected chi connectivity index (χ4v) is 2.07. The smallest absolute Gasteiger partial charge is 0.258 e. The highest BCUT2D eigenvalue weighted by Gasteiger charge is 2.14. The van der Waals surface area contributed by atoms with Crippen molar-refractivity contribution >= 4 is 23.4 Å². The van der Waals surface area contributed by atoms with Gasteiger partial charge in [-0.15, -0.1) is 0 Å². The molecule has 22 heavy (non-hydrogen) atoms. The van der Waals surface area contributed by atoms with E-state index in [2.05, 4.69) is 10.5 Å². The van der Waals surface area contributed by atoms with Crippen LogP contribution in [0.4, 0.5) is 10.3 Å². The zero-order chi connectivity index (χ0) is 15.5. The zero-order valence-electron chi connectivity index (χ0n) is 11.2. The topological polar surface area (TPSA) is 55.1 Å². The number of amides is 1. The molecule has 0 aliphatic rings. The Morgan fingerprint density at radius 2 is 1.77 bits per heavy atom. The molecule has 1 amide bonds. The van der Waals surface area contributed by atoms with E-state index < -0.39 is 11.7 Å². The van der Waals surface area contributed by atoms with Crippen molar-refractivity contribution in [1.82, 2.24) is 5.16 Å². The lowest BCUT2D eigenvalue weighted by atomic mass is 10.1. The van der Waals surface area contributed by atoms with Gasteiger partial charge in [-0.3, -0.25) is 10.1 Å². The molecule has 1 heterocycles. The zero-order valence-corrected chi connectivity index (χ0v) is 12.0. The Hall–Kier alpha value is -2.66. The number of benzene rings is 2. The lowest BCUT2D eigenvalue weighted by Crippen LogP contribution is -2.11. The molecule has 0 fully saturated rings. The van der Waals surface area contributed by atoms with Gasteiger partial charge < -0.3 is 4.52 Å². The van der Waals surface area contributed by atoms with Gasteiger partial charge in [-0.1, -0.05) is 28.9 Å². The van der Waals surface area contributed by atoms with E-state index in [1.54, 1.807) is 24.3 Å². The van der Waals surface area contributed by atoms with Gasteiger partial charge in [0, 0.05) is 10.6 Å². The summed E-state index contributed by atoms with van der Waals surface area (Å²) in [6.45, 7) is 0. The minimum atomic E-state index is -0.410. The summed E-state index contributed by atoms with van der Waals surface area (Å²) < 4.78 is 18.0. The molecule has 0 unspecified atom stereocenters. The van der Waals surface area contributed by atoms with Gasteiger partial charge in [-0.25, -0.2) is 4.39 Å². The van der Waals surface area contributed by atoms with Crippen molar-refractivity contribution in [3.8, 4) is 11.1 Å². The summed E-state index contributed by atoms with van der Waals surface area (Å²) in [5.74, 6) is -0.596. The molecule has 110 valence electrons. The molecular weight excluding hydrogens is 307 g/mol. The van der Waals surface area contributed by atoms with E-state index in [0.29, 0.717) is 16.1 Å². The van der Waals surface area contributed by atoms with Crippen molar-refractivity contribution in [3.63, 3.8) is 0 Å². The second kappa shape index (κ2) is 5.99. The normalized spacial score (nSPS) is 10.5. The number of hydrogen-bond acceptors (Lipinski definition) is 3. The number of rotatable bonds is 3. The van der Waals surface area contributed by atoms with Crippen LogP contribution in [-0.2, 0) is 0 Å². The summed E-state index contributed by atoms with van der Waals surface area (Å²) in [4.78, 5) is 12.1. The van der Waals surface area contributed by atoms with Crippen molar-refractivity contribution in [2.24, 2.45) is 0 Å². The first kappa shape index (κ1) is 14.3. The van der Waals surface area contributed by atoms with Crippen LogP contribution in [0.2, 0.25) is 5.02 Å². The first-order valence-electron chi connectivity index (χ1n) is 6.41. The van der Waals surface area contributed by atoms with Gasteiger partial charge in [0.05, 0.1) is 11.8 Å². The lowest BCUT2D eigenvalue weighted by molar-refractivity contribution is 0.102. The maximum atomic E-state index is 12.9. The van der Waals surface area contributed by atoms with Crippen molar-refractivity contribution < 1.29 is 13.7 Å². The van der Waals surface area contributed by atoms with Crippen LogP contribution in [0.5, 0.6) is 0 Å². The van der Waals surface area contributed by atoms with Crippen molar-refractivity contribution in [3.05, 3.63) is 71.1 Å². The maximum Gasteiger partial charge on any atom is 0.258 e. The van der Waals surface area contributed by atoms with Gasteiger partial charge in [0.1, 0.15) is 5.82 Å². The molecular formula is C16H10ClFN2O2. The SMILES string of the molecule is O=C(Nc1oncc1-c1ccc(Cl)cc1)c1ccc(F)cc1. The Morgan fingerprint density at radius 1 is 1.09 bits per heavy atom. The summed E-state index contributed by atoms with van der Waals surface area (Å²) in [6, 6.07) is 12.3. The van der Waals surface area contributed by atoms with Gasteiger partial charge in [-0.2, -0.15) is 0 Å². The Labute approximate surface area is 130 Å². The summed E-state index contributed by atoms with van der Waals surface area (Å²) in [5.41, 5.74) is 1.76. The Balaban J connectivity index is 1.84. The van der Waals surface area contributed by atoms with Gasteiger partial charge in [0.25, 0.3) is 5.91 Å². The van der Waals surface area contributed by atoms with E-state index in [4.69, 9.17) is 16.1 Å². The number of aromatic nitrogens is 1. The summed E-state index contributed by atoms with van der Waals surface area (Å²) in [6.07, 6.45) is 1.50. The number of hydrogen-bond donors (Lipinski definition) is 1. The molecule has 0 aliphatic heterocycles. The number of nitrogens with one attached hydrogen (secondary N) is 1.